The zero-order valence-electron chi connectivity index (χ0n) is 6.92. The molecule has 2 heterocycles. The zero-order chi connectivity index (χ0) is 9.26. The molecule has 0 aliphatic carbocycles. The fourth-order valence-corrected chi connectivity index (χ4v) is 1.42. The number of pyridine rings is 1. The number of hydrogen-bond acceptors (Lipinski definition) is 3. The molecular weight excluding hydrogens is 186 g/mol. The molecule has 0 bridgehead atoms. The second-order valence-corrected chi connectivity index (χ2v) is 3.38. The van der Waals surface area contributed by atoms with Crippen LogP contribution < -0.4 is 5.32 Å². The molecule has 4 heteroatoms. The van der Waals surface area contributed by atoms with Gasteiger partial charge in [0, 0.05) is 0 Å². The van der Waals surface area contributed by atoms with Crippen molar-refractivity contribution in [1.29, 1.82) is 5.26 Å². The summed E-state index contributed by atoms with van der Waals surface area (Å²) in [5.74, 6) is 0. The number of hydrogen-bond donors (Lipinski definition) is 1. The molecule has 0 spiro atoms. The van der Waals surface area contributed by atoms with Gasteiger partial charge in [0.05, 0.1) is 16.8 Å². The standard InChI is InChI=1S/C9H8ClN3/c10-6-1-2-8(7-3-4-12-7)13-9(6)5-11/h1-2,7,12H,3-4H2/t7-/m0/s1. The van der Waals surface area contributed by atoms with Crippen molar-refractivity contribution in [2.75, 3.05) is 6.54 Å². The lowest BCUT2D eigenvalue weighted by molar-refractivity contribution is 0.375. The molecule has 0 saturated carbocycles. The third-order valence-electron chi connectivity index (χ3n) is 2.15. The number of halogens is 1. The number of nitriles is 1. The normalized spacial score (nSPS) is 20.5. The van der Waals surface area contributed by atoms with Gasteiger partial charge in [0.1, 0.15) is 6.07 Å². The van der Waals surface area contributed by atoms with Crippen LogP contribution in [0.1, 0.15) is 23.9 Å². The molecule has 1 atom stereocenters. The van der Waals surface area contributed by atoms with Crippen molar-refractivity contribution < 1.29 is 0 Å². The molecule has 1 aromatic heterocycles. The molecule has 66 valence electrons. The minimum atomic E-state index is 0.310. The highest BCUT2D eigenvalue weighted by Crippen LogP contribution is 2.23. The van der Waals surface area contributed by atoms with Crippen molar-refractivity contribution in [3.05, 3.63) is 28.5 Å². The molecule has 0 unspecified atom stereocenters. The van der Waals surface area contributed by atoms with Crippen LogP contribution in [-0.4, -0.2) is 11.5 Å². The number of aromatic nitrogens is 1. The first-order valence-electron chi connectivity index (χ1n) is 4.11. The van der Waals surface area contributed by atoms with Crippen molar-refractivity contribution in [3.8, 4) is 6.07 Å². The minimum Gasteiger partial charge on any atom is -0.309 e. The molecule has 1 N–H and O–H groups in total. The van der Waals surface area contributed by atoms with Gasteiger partial charge in [0.25, 0.3) is 0 Å². The van der Waals surface area contributed by atoms with Gasteiger partial charge in [-0.25, -0.2) is 4.98 Å². The highest BCUT2D eigenvalue weighted by Gasteiger charge is 2.20. The fraction of sp³-hybridized carbons (Fsp3) is 0.333. The smallest absolute Gasteiger partial charge is 0.159 e. The quantitative estimate of drug-likeness (QED) is 0.738. The Bertz CT molecular complexity index is 366. The second-order valence-electron chi connectivity index (χ2n) is 2.97. The summed E-state index contributed by atoms with van der Waals surface area (Å²) in [6.07, 6.45) is 1.08. The highest BCUT2D eigenvalue weighted by molar-refractivity contribution is 6.31. The van der Waals surface area contributed by atoms with Gasteiger partial charge < -0.3 is 5.32 Å². The fourth-order valence-electron chi connectivity index (χ4n) is 1.27. The Morgan fingerprint density at radius 1 is 1.62 bits per heavy atom. The number of nitrogens with zero attached hydrogens (tertiary/aromatic N) is 2. The van der Waals surface area contributed by atoms with Crippen LogP contribution in [0.4, 0.5) is 0 Å². The summed E-state index contributed by atoms with van der Waals surface area (Å²) in [4.78, 5) is 4.16. The molecule has 3 nitrogen and oxygen atoms in total. The largest absolute Gasteiger partial charge is 0.309 e. The van der Waals surface area contributed by atoms with Gasteiger partial charge in [-0.2, -0.15) is 5.26 Å². The molecule has 0 aromatic carbocycles. The molecule has 1 aliphatic rings. The Kier molecular flexibility index (Phi) is 2.17. The van der Waals surface area contributed by atoms with E-state index < -0.39 is 0 Å². The van der Waals surface area contributed by atoms with Gasteiger partial charge in [-0.1, -0.05) is 11.6 Å². The van der Waals surface area contributed by atoms with E-state index in [9.17, 15) is 0 Å². The molecular formula is C9H8ClN3. The Morgan fingerprint density at radius 3 is 2.92 bits per heavy atom. The number of nitrogens with one attached hydrogen (secondary N) is 1. The maximum Gasteiger partial charge on any atom is 0.159 e. The predicted molar refractivity (Wildman–Crippen MR) is 49.3 cm³/mol. The summed E-state index contributed by atoms with van der Waals surface area (Å²) in [5, 5.41) is 12.3. The van der Waals surface area contributed by atoms with E-state index >= 15 is 0 Å². The summed E-state index contributed by atoms with van der Waals surface area (Å²) in [5.41, 5.74) is 1.22. The summed E-state index contributed by atoms with van der Waals surface area (Å²) in [6, 6.07) is 5.86. The van der Waals surface area contributed by atoms with Crippen LogP contribution in [0.3, 0.4) is 0 Å². The van der Waals surface area contributed by atoms with Crippen LogP contribution in [0.15, 0.2) is 12.1 Å². The van der Waals surface area contributed by atoms with Gasteiger partial charge in [0.2, 0.25) is 0 Å². The van der Waals surface area contributed by atoms with Gasteiger partial charge in [-0.15, -0.1) is 0 Å². The monoisotopic (exact) mass is 193 g/mol. The Balaban J connectivity index is 2.33. The van der Waals surface area contributed by atoms with E-state index in [4.69, 9.17) is 16.9 Å². The van der Waals surface area contributed by atoms with Crippen LogP contribution in [0.2, 0.25) is 5.02 Å². The number of rotatable bonds is 1. The third kappa shape index (κ3) is 1.51. The van der Waals surface area contributed by atoms with Gasteiger partial charge in [-0.05, 0) is 25.1 Å². The molecule has 13 heavy (non-hydrogen) atoms. The lowest BCUT2D eigenvalue weighted by Gasteiger charge is -2.26. The summed E-state index contributed by atoms with van der Waals surface area (Å²) < 4.78 is 0. The van der Waals surface area contributed by atoms with E-state index in [1.54, 1.807) is 6.07 Å². The Morgan fingerprint density at radius 2 is 2.38 bits per heavy atom. The SMILES string of the molecule is N#Cc1nc([C@@H]2CCN2)ccc1Cl. The molecule has 0 amide bonds. The Hall–Kier alpha value is -1.11. The van der Waals surface area contributed by atoms with Crippen LogP contribution in [0, 0.1) is 11.3 Å². The maximum atomic E-state index is 8.70. The lowest BCUT2D eigenvalue weighted by atomic mass is 10.0. The molecule has 1 fully saturated rings. The predicted octanol–water partition coefficient (Wildman–Crippen LogP) is 1.64. The third-order valence-corrected chi connectivity index (χ3v) is 2.46. The maximum absolute atomic E-state index is 8.70. The summed E-state index contributed by atoms with van der Waals surface area (Å²) >= 11 is 5.76. The lowest BCUT2D eigenvalue weighted by Crippen LogP contribution is -2.35. The van der Waals surface area contributed by atoms with Crippen molar-refractivity contribution in [2.24, 2.45) is 0 Å². The van der Waals surface area contributed by atoms with Crippen LogP contribution >= 0.6 is 11.6 Å². The minimum absolute atomic E-state index is 0.310. The second kappa shape index (κ2) is 3.33. The van der Waals surface area contributed by atoms with E-state index in [2.05, 4.69) is 10.3 Å². The topological polar surface area (TPSA) is 48.7 Å². The van der Waals surface area contributed by atoms with E-state index in [-0.39, 0.29) is 0 Å². The first-order valence-corrected chi connectivity index (χ1v) is 4.49. The van der Waals surface area contributed by atoms with Gasteiger partial charge in [-0.3, -0.25) is 0 Å². The van der Waals surface area contributed by atoms with Crippen molar-refractivity contribution >= 4 is 11.6 Å². The van der Waals surface area contributed by atoms with Gasteiger partial charge >= 0.3 is 0 Å². The summed E-state index contributed by atoms with van der Waals surface area (Å²) in [7, 11) is 0. The van der Waals surface area contributed by atoms with E-state index in [1.807, 2.05) is 12.1 Å². The van der Waals surface area contributed by atoms with Crippen LogP contribution in [0.25, 0.3) is 0 Å². The first-order chi connectivity index (χ1) is 6.31. The average molecular weight is 194 g/mol. The van der Waals surface area contributed by atoms with E-state index in [0.717, 1.165) is 18.7 Å². The molecule has 1 aliphatic heterocycles. The molecule has 2 rings (SSSR count). The van der Waals surface area contributed by atoms with E-state index in [0.29, 0.717) is 16.8 Å². The van der Waals surface area contributed by atoms with E-state index in [1.165, 1.54) is 0 Å². The van der Waals surface area contributed by atoms with Gasteiger partial charge in [0.15, 0.2) is 5.69 Å². The zero-order valence-corrected chi connectivity index (χ0v) is 7.67. The molecule has 0 radical (unpaired) electrons. The average Bonchev–Trinajstić information content (AvgIpc) is 2.05. The highest BCUT2D eigenvalue weighted by atomic mass is 35.5. The molecule has 1 aromatic rings. The Labute approximate surface area is 81.4 Å². The van der Waals surface area contributed by atoms with Crippen LogP contribution in [0.5, 0.6) is 0 Å². The van der Waals surface area contributed by atoms with Crippen molar-refractivity contribution in [2.45, 2.75) is 12.5 Å². The first kappa shape index (κ1) is 8.49. The van der Waals surface area contributed by atoms with Crippen molar-refractivity contribution in [1.82, 2.24) is 10.3 Å². The summed E-state index contributed by atoms with van der Waals surface area (Å²) in [6.45, 7) is 1.02. The van der Waals surface area contributed by atoms with Crippen LogP contribution in [-0.2, 0) is 0 Å². The molecule has 1 saturated heterocycles. The van der Waals surface area contributed by atoms with Crippen molar-refractivity contribution in [3.63, 3.8) is 0 Å².